The molecule has 24 heavy (non-hydrogen) atoms. The molecule has 1 saturated heterocycles. The third-order valence-corrected chi connectivity index (χ3v) is 5.87. The second-order valence-electron chi connectivity index (χ2n) is 7.21. The Morgan fingerprint density at radius 2 is 1.88 bits per heavy atom. The van der Waals surface area contributed by atoms with E-state index >= 15 is 0 Å². The van der Waals surface area contributed by atoms with Crippen molar-refractivity contribution < 1.29 is 9.59 Å². The summed E-state index contributed by atoms with van der Waals surface area (Å²) in [5.74, 6) is 0.308. The van der Waals surface area contributed by atoms with Crippen LogP contribution >= 0.6 is 11.6 Å². The van der Waals surface area contributed by atoms with Gasteiger partial charge in [0.2, 0.25) is 11.8 Å². The number of carbonyl (C=O) groups is 2. The van der Waals surface area contributed by atoms with E-state index in [0.717, 1.165) is 57.2 Å². The molecule has 1 aliphatic heterocycles. The third kappa shape index (κ3) is 3.44. The fraction of sp³-hybridized carbons (Fsp3) is 0.579. The number of halogens is 1. The Labute approximate surface area is 148 Å². The van der Waals surface area contributed by atoms with Crippen LogP contribution in [0.4, 0.5) is 0 Å². The van der Waals surface area contributed by atoms with Crippen LogP contribution in [0.1, 0.15) is 50.5 Å². The molecular weight excluding hydrogens is 324 g/mol. The molecule has 2 amide bonds. The monoisotopic (exact) mass is 348 g/mol. The van der Waals surface area contributed by atoms with Gasteiger partial charge in [-0.25, -0.2) is 0 Å². The van der Waals surface area contributed by atoms with Crippen LogP contribution in [0.15, 0.2) is 24.3 Å². The topological polar surface area (TPSA) is 63.4 Å². The SMILES string of the molecule is NC(=O)CC1CCN(C(=O)C2(c3cccc(Cl)c3)CCCC2)CC1. The molecule has 130 valence electrons. The maximum absolute atomic E-state index is 13.4. The summed E-state index contributed by atoms with van der Waals surface area (Å²) in [4.78, 5) is 26.4. The highest BCUT2D eigenvalue weighted by Crippen LogP contribution is 2.43. The lowest BCUT2D eigenvalue weighted by atomic mass is 9.77. The molecule has 2 fully saturated rings. The zero-order chi connectivity index (χ0) is 17.2. The van der Waals surface area contributed by atoms with Gasteiger partial charge < -0.3 is 10.6 Å². The maximum Gasteiger partial charge on any atom is 0.233 e. The Balaban J connectivity index is 1.75. The predicted octanol–water partition coefficient (Wildman–Crippen LogP) is 3.27. The number of nitrogens with two attached hydrogens (primary N) is 1. The van der Waals surface area contributed by atoms with Crippen LogP contribution in [0.3, 0.4) is 0 Å². The molecule has 2 N–H and O–H groups in total. The van der Waals surface area contributed by atoms with Gasteiger partial charge in [0.25, 0.3) is 0 Å². The normalized spacial score (nSPS) is 21.0. The molecule has 1 heterocycles. The lowest BCUT2D eigenvalue weighted by Gasteiger charge is -2.38. The van der Waals surface area contributed by atoms with E-state index in [4.69, 9.17) is 17.3 Å². The average Bonchev–Trinajstić information content (AvgIpc) is 3.05. The molecule has 0 unspecified atom stereocenters. The van der Waals surface area contributed by atoms with Crippen molar-refractivity contribution in [2.24, 2.45) is 11.7 Å². The van der Waals surface area contributed by atoms with Crippen LogP contribution in [0.2, 0.25) is 5.02 Å². The van der Waals surface area contributed by atoms with Crippen LogP contribution in [-0.4, -0.2) is 29.8 Å². The minimum Gasteiger partial charge on any atom is -0.370 e. The number of amides is 2. The second-order valence-corrected chi connectivity index (χ2v) is 7.64. The number of rotatable bonds is 4. The Hall–Kier alpha value is -1.55. The van der Waals surface area contributed by atoms with E-state index in [0.29, 0.717) is 17.4 Å². The van der Waals surface area contributed by atoms with Crippen LogP contribution in [-0.2, 0) is 15.0 Å². The number of carbonyl (C=O) groups excluding carboxylic acids is 2. The quantitative estimate of drug-likeness (QED) is 0.907. The summed E-state index contributed by atoms with van der Waals surface area (Å²) in [6, 6.07) is 7.77. The first-order valence-electron chi connectivity index (χ1n) is 8.85. The van der Waals surface area contributed by atoms with Crippen LogP contribution < -0.4 is 5.73 Å². The first kappa shape index (κ1) is 17.3. The van der Waals surface area contributed by atoms with Gasteiger partial charge in [0.15, 0.2) is 0 Å². The summed E-state index contributed by atoms with van der Waals surface area (Å²) >= 11 is 6.17. The molecule has 3 rings (SSSR count). The summed E-state index contributed by atoms with van der Waals surface area (Å²) in [6.45, 7) is 1.44. The smallest absolute Gasteiger partial charge is 0.233 e. The fourth-order valence-corrected chi connectivity index (χ4v) is 4.51. The number of primary amides is 1. The molecule has 0 aromatic heterocycles. The van der Waals surface area contributed by atoms with Crippen molar-refractivity contribution >= 4 is 23.4 Å². The van der Waals surface area contributed by atoms with Crippen molar-refractivity contribution in [3.05, 3.63) is 34.9 Å². The van der Waals surface area contributed by atoms with Gasteiger partial charge in [-0.2, -0.15) is 0 Å². The summed E-state index contributed by atoms with van der Waals surface area (Å²) in [7, 11) is 0. The maximum atomic E-state index is 13.4. The van der Waals surface area contributed by atoms with E-state index < -0.39 is 5.41 Å². The molecule has 0 spiro atoms. The van der Waals surface area contributed by atoms with Crippen molar-refractivity contribution in [3.8, 4) is 0 Å². The Morgan fingerprint density at radius 3 is 2.46 bits per heavy atom. The number of hydrogen-bond acceptors (Lipinski definition) is 2. The standard InChI is InChI=1S/C19H25ClN2O2/c20-16-5-3-4-15(13-16)19(8-1-2-9-19)18(24)22-10-6-14(7-11-22)12-17(21)23/h3-5,13-14H,1-2,6-12H2,(H2,21,23). The summed E-state index contributed by atoms with van der Waals surface area (Å²) < 4.78 is 0. The molecule has 0 bridgehead atoms. The Kier molecular flexibility index (Phi) is 5.14. The third-order valence-electron chi connectivity index (χ3n) is 5.64. The van der Waals surface area contributed by atoms with Crippen molar-refractivity contribution in [2.45, 2.75) is 50.4 Å². The summed E-state index contributed by atoms with van der Waals surface area (Å²) in [5.41, 5.74) is 5.93. The van der Waals surface area contributed by atoms with E-state index in [1.54, 1.807) is 0 Å². The van der Waals surface area contributed by atoms with Gasteiger partial charge >= 0.3 is 0 Å². The molecule has 1 saturated carbocycles. The molecule has 1 aliphatic carbocycles. The van der Waals surface area contributed by atoms with Crippen molar-refractivity contribution in [1.29, 1.82) is 0 Å². The zero-order valence-corrected chi connectivity index (χ0v) is 14.7. The molecule has 0 atom stereocenters. The first-order chi connectivity index (χ1) is 11.5. The van der Waals surface area contributed by atoms with Crippen LogP contribution in [0.5, 0.6) is 0 Å². The predicted molar refractivity (Wildman–Crippen MR) is 94.7 cm³/mol. The van der Waals surface area contributed by atoms with Crippen LogP contribution in [0.25, 0.3) is 0 Å². The molecule has 0 radical (unpaired) electrons. The molecule has 2 aliphatic rings. The Morgan fingerprint density at radius 1 is 1.21 bits per heavy atom. The van der Waals surface area contributed by atoms with Gasteiger partial charge in [0.05, 0.1) is 5.41 Å². The van der Waals surface area contributed by atoms with Crippen molar-refractivity contribution in [1.82, 2.24) is 4.90 Å². The van der Waals surface area contributed by atoms with Gasteiger partial charge in [-0.05, 0) is 49.3 Å². The fourth-order valence-electron chi connectivity index (χ4n) is 4.32. The highest BCUT2D eigenvalue weighted by molar-refractivity contribution is 6.30. The van der Waals surface area contributed by atoms with Gasteiger partial charge in [0.1, 0.15) is 0 Å². The van der Waals surface area contributed by atoms with Gasteiger partial charge in [-0.15, -0.1) is 0 Å². The summed E-state index contributed by atoms with van der Waals surface area (Å²) in [5, 5.41) is 0.687. The molecule has 5 heteroatoms. The van der Waals surface area contributed by atoms with Gasteiger partial charge in [-0.1, -0.05) is 36.6 Å². The van der Waals surface area contributed by atoms with Crippen molar-refractivity contribution in [3.63, 3.8) is 0 Å². The minimum atomic E-state index is -0.415. The van der Waals surface area contributed by atoms with Crippen molar-refractivity contribution in [2.75, 3.05) is 13.1 Å². The van der Waals surface area contributed by atoms with E-state index in [2.05, 4.69) is 0 Å². The molecule has 1 aromatic carbocycles. The molecule has 1 aromatic rings. The number of benzene rings is 1. The minimum absolute atomic E-state index is 0.236. The van der Waals surface area contributed by atoms with Crippen LogP contribution in [0, 0.1) is 5.92 Å². The van der Waals surface area contributed by atoms with Gasteiger partial charge in [0, 0.05) is 24.5 Å². The lowest BCUT2D eigenvalue weighted by molar-refractivity contribution is -0.138. The second kappa shape index (κ2) is 7.14. The van der Waals surface area contributed by atoms with E-state index in [9.17, 15) is 9.59 Å². The Bertz CT molecular complexity index is 618. The van der Waals surface area contributed by atoms with E-state index in [-0.39, 0.29) is 11.8 Å². The largest absolute Gasteiger partial charge is 0.370 e. The zero-order valence-electron chi connectivity index (χ0n) is 14.0. The summed E-state index contributed by atoms with van der Waals surface area (Å²) in [6.07, 6.45) is 6.11. The molecule has 4 nitrogen and oxygen atoms in total. The average molecular weight is 349 g/mol. The van der Waals surface area contributed by atoms with E-state index in [1.165, 1.54) is 0 Å². The highest BCUT2D eigenvalue weighted by Gasteiger charge is 2.45. The number of nitrogens with zero attached hydrogens (tertiary/aromatic N) is 1. The van der Waals surface area contributed by atoms with Gasteiger partial charge in [-0.3, -0.25) is 9.59 Å². The van der Waals surface area contributed by atoms with E-state index in [1.807, 2.05) is 29.2 Å². The highest BCUT2D eigenvalue weighted by atomic mass is 35.5. The number of hydrogen-bond donors (Lipinski definition) is 1. The lowest BCUT2D eigenvalue weighted by Crippen LogP contribution is -2.48. The first-order valence-corrected chi connectivity index (χ1v) is 9.23. The number of likely N-dealkylation sites (tertiary alicyclic amines) is 1. The molecular formula is C19H25ClN2O2. The number of piperidine rings is 1.